The topological polar surface area (TPSA) is 96.7 Å². The Morgan fingerprint density at radius 2 is 2.04 bits per heavy atom. The molecule has 1 amide bonds. The molecule has 0 saturated carbocycles. The van der Waals surface area contributed by atoms with E-state index < -0.39 is 17.1 Å². The van der Waals surface area contributed by atoms with Gasteiger partial charge in [0.1, 0.15) is 23.0 Å². The quantitative estimate of drug-likeness (QED) is 0.765. The maximum absolute atomic E-state index is 12.5. The number of nitriles is 1. The Labute approximate surface area is 142 Å². The monoisotopic (exact) mass is 367 g/mol. The number of furan rings is 1. The summed E-state index contributed by atoms with van der Waals surface area (Å²) in [5.74, 6) is -0.511. The van der Waals surface area contributed by atoms with Crippen LogP contribution in [0.1, 0.15) is 26.7 Å². The zero-order chi connectivity index (χ0) is 18.2. The van der Waals surface area contributed by atoms with Crippen molar-refractivity contribution in [2.75, 3.05) is 5.32 Å². The molecule has 0 spiro atoms. The van der Waals surface area contributed by atoms with Crippen LogP contribution >= 0.6 is 11.3 Å². The van der Waals surface area contributed by atoms with Crippen molar-refractivity contribution >= 4 is 22.4 Å². The molecular formula is C14H8F3N5O2S. The molecule has 3 rings (SSSR count). The highest BCUT2D eigenvalue weighted by molar-refractivity contribution is 7.15. The summed E-state index contributed by atoms with van der Waals surface area (Å²) in [7, 11) is 0. The maximum Gasteiger partial charge on any atom is 0.445 e. The van der Waals surface area contributed by atoms with E-state index in [1.807, 2.05) is 6.07 Å². The first-order valence-electron chi connectivity index (χ1n) is 6.70. The van der Waals surface area contributed by atoms with E-state index in [2.05, 4.69) is 15.5 Å². The predicted molar refractivity (Wildman–Crippen MR) is 80.4 cm³/mol. The Morgan fingerprint density at radius 1 is 1.36 bits per heavy atom. The number of aromatic nitrogens is 3. The molecule has 0 unspecified atom stereocenters. The molecule has 0 fully saturated rings. The van der Waals surface area contributed by atoms with Gasteiger partial charge in [0, 0.05) is 12.4 Å². The first kappa shape index (κ1) is 16.7. The van der Waals surface area contributed by atoms with Crippen LogP contribution in [0.2, 0.25) is 0 Å². The SMILES string of the molecule is Cc1oc(-n2cccc2)c(C#N)c1C(=O)Nc1nnc(C(F)(F)F)s1. The average Bonchev–Trinajstić information content (AvgIpc) is 3.24. The summed E-state index contributed by atoms with van der Waals surface area (Å²) in [4.78, 5) is 12.4. The molecule has 25 heavy (non-hydrogen) atoms. The summed E-state index contributed by atoms with van der Waals surface area (Å²) in [6, 6.07) is 5.30. The lowest BCUT2D eigenvalue weighted by molar-refractivity contribution is -0.138. The van der Waals surface area contributed by atoms with Gasteiger partial charge in [0.05, 0.1) is 0 Å². The number of hydrogen-bond acceptors (Lipinski definition) is 6. The smallest absolute Gasteiger partial charge is 0.443 e. The van der Waals surface area contributed by atoms with Gasteiger partial charge in [-0.3, -0.25) is 14.7 Å². The summed E-state index contributed by atoms with van der Waals surface area (Å²) in [5.41, 5.74) is -0.110. The lowest BCUT2D eigenvalue weighted by Gasteiger charge is -2.00. The van der Waals surface area contributed by atoms with Crippen LogP contribution in [-0.2, 0) is 6.18 Å². The number of amides is 1. The van der Waals surface area contributed by atoms with Crippen molar-refractivity contribution in [1.82, 2.24) is 14.8 Å². The van der Waals surface area contributed by atoms with E-state index in [0.29, 0.717) is 0 Å². The predicted octanol–water partition coefficient (Wildman–Crippen LogP) is 3.37. The zero-order valence-corrected chi connectivity index (χ0v) is 13.3. The van der Waals surface area contributed by atoms with E-state index in [4.69, 9.17) is 4.42 Å². The van der Waals surface area contributed by atoms with Gasteiger partial charge in [-0.25, -0.2) is 0 Å². The number of rotatable bonds is 3. The van der Waals surface area contributed by atoms with Crippen molar-refractivity contribution in [1.29, 1.82) is 5.26 Å². The minimum Gasteiger partial charge on any atom is -0.443 e. The average molecular weight is 367 g/mol. The van der Waals surface area contributed by atoms with Crippen LogP contribution in [0.4, 0.5) is 18.3 Å². The van der Waals surface area contributed by atoms with E-state index in [1.54, 1.807) is 24.5 Å². The number of nitrogens with zero attached hydrogens (tertiary/aromatic N) is 4. The lowest BCUT2D eigenvalue weighted by Crippen LogP contribution is -2.13. The molecule has 11 heteroatoms. The van der Waals surface area contributed by atoms with Gasteiger partial charge in [-0.1, -0.05) is 11.3 Å². The molecule has 3 aromatic heterocycles. The minimum absolute atomic E-state index is 0.0354. The first-order valence-corrected chi connectivity index (χ1v) is 7.51. The molecule has 3 aromatic rings. The fourth-order valence-electron chi connectivity index (χ4n) is 2.11. The van der Waals surface area contributed by atoms with Gasteiger partial charge in [0.15, 0.2) is 0 Å². The third-order valence-corrected chi connectivity index (χ3v) is 4.01. The second-order valence-corrected chi connectivity index (χ2v) is 5.76. The van der Waals surface area contributed by atoms with Gasteiger partial charge < -0.3 is 4.42 Å². The van der Waals surface area contributed by atoms with E-state index >= 15 is 0 Å². The van der Waals surface area contributed by atoms with Gasteiger partial charge in [0.2, 0.25) is 16.0 Å². The van der Waals surface area contributed by atoms with Crippen LogP contribution in [0.5, 0.6) is 0 Å². The summed E-state index contributed by atoms with van der Waals surface area (Å²) < 4.78 is 44.6. The molecular weight excluding hydrogens is 359 g/mol. The highest BCUT2D eigenvalue weighted by atomic mass is 32.1. The fraction of sp³-hybridized carbons (Fsp3) is 0.143. The molecule has 0 bridgehead atoms. The summed E-state index contributed by atoms with van der Waals surface area (Å²) in [5, 5.41) is 16.3. The number of nitrogens with one attached hydrogen (secondary N) is 1. The van der Waals surface area contributed by atoms with Crippen molar-refractivity contribution in [3.63, 3.8) is 0 Å². The summed E-state index contributed by atoms with van der Waals surface area (Å²) in [6.07, 6.45) is -1.39. The fourth-order valence-corrected chi connectivity index (χ4v) is 2.71. The third-order valence-electron chi connectivity index (χ3n) is 3.13. The van der Waals surface area contributed by atoms with Crippen LogP contribution in [0, 0.1) is 18.3 Å². The van der Waals surface area contributed by atoms with Crippen LogP contribution in [0.3, 0.4) is 0 Å². The Morgan fingerprint density at radius 3 is 2.60 bits per heavy atom. The van der Waals surface area contributed by atoms with Crippen LogP contribution < -0.4 is 5.32 Å². The molecule has 1 N–H and O–H groups in total. The molecule has 0 aliphatic rings. The normalized spacial score (nSPS) is 11.3. The van der Waals surface area contributed by atoms with E-state index in [0.717, 1.165) is 0 Å². The van der Waals surface area contributed by atoms with Crippen molar-refractivity contribution in [3.8, 4) is 12.0 Å². The van der Waals surface area contributed by atoms with E-state index in [-0.39, 0.29) is 39.2 Å². The van der Waals surface area contributed by atoms with Crippen LogP contribution in [0.25, 0.3) is 5.88 Å². The van der Waals surface area contributed by atoms with Crippen molar-refractivity contribution in [2.45, 2.75) is 13.1 Å². The lowest BCUT2D eigenvalue weighted by atomic mass is 10.1. The molecule has 3 heterocycles. The number of carbonyl (C=O) groups is 1. The highest BCUT2D eigenvalue weighted by Crippen LogP contribution is 2.33. The number of aryl methyl sites for hydroxylation is 1. The standard InChI is InChI=1S/C14H8F3N5O2S/c1-7-9(8(6-18)11(24-7)22-4-2-3-5-22)10(23)19-13-21-20-12(25-13)14(15,16)17/h2-5H,1H3,(H,19,21,23). The van der Waals surface area contributed by atoms with Gasteiger partial charge in [0.25, 0.3) is 5.91 Å². The number of anilines is 1. The first-order chi connectivity index (χ1) is 11.8. The summed E-state index contributed by atoms with van der Waals surface area (Å²) in [6.45, 7) is 1.48. The molecule has 0 saturated heterocycles. The molecule has 0 aromatic carbocycles. The number of hydrogen-bond donors (Lipinski definition) is 1. The van der Waals surface area contributed by atoms with Crippen molar-refractivity contribution < 1.29 is 22.4 Å². The second kappa shape index (κ2) is 6.06. The maximum atomic E-state index is 12.5. The molecule has 128 valence electrons. The Hall–Kier alpha value is -3.13. The third kappa shape index (κ3) is 3.11. The Balaban J connectivity index is 1.93. The molecule has 7 nitrogen and oxygen atoms in total. The summed E-state index contributed by atoms with van der Waals surface area (Å²) >= 11 is 0.189. The molecule has 0 aliphatic carbocycles. The van der Waals surface area contributed by atoms with Crippen LogP contribution in [0.15, 0.2) is 28.9 Å². The molecule has 0 atom stereocenters. The number of carbonyl (C=O) groups excluding carboxylic acids is 1. The van der Waals surface area contributed by atoms with Gasteiger partial charge in [-0.05, 0) is 19.1 Å². The Kier molecular flexibility index (Phi) is 4.05. The van der Waals surface area contributed by atoms with Gasteiger partial charge in [-0.15, -0.1) is 10.2 Å². The van der Waals surface area contributed by atoms with Gasteiger partial charge >= 0.3 is 6.18 Å². The second-order valence-electron chi connectivity index (χ2n) is 4.78. The Bertz CT molecular complexity index is 966. The zero-order valence-electron chi connectivity index (χ0n) is 12.5. The largest absolute Gasteiger partial charge is 0.445 e. The molecule has 0 radical (unpaired) electrons. The van der Waals surface area contributed by atoms with Crippen LogP contribution in [-0.4, -0.2) is 20.7 Å². The molecule has 0 aliphatic heterocycles. The van der Waals surface area contributed by atoms with Crippen molar-refractivity contribution in [2.24, 2.45) is 0 Å². The van der Waals surface area contributed by atoms with E-state index in [1.165, 1.54) is 11.5 Å². The highest BCUT2D eigenvalue weighted by Gasteiger charge is 2.36. The van der Waals surface area contributed by atoms with Gasteiger partial charge in [-0.2, -0.15) is 18.4 Å². The number of alkyl halides is 3. The minimum atomic E-state index is -4.65. The number of halogens is 3. The van der Waals surface area contributed by atoms with Crippen molar-refractivity contribution in [3.05, 3.63) is 46.4 Å². The van der Waals surface area contributed by atoms with E-state index in [9.17, 15) is 23.2 Å².